The maximum Gasteiger partial charge on any atom is 0.251 e. The molecular formula is C26H24N2O4. The van der Waals surface area contributed by atoms with Crippen LogP contribution in [-0.4, -0.2) is 31.7 Å². The molecule has 162 valence electrons. The van der Waals surface area contributed by atoms with Crippen molar-refractivity contribution in [2.75, 3.05) is 20.8 Å². The molecule has 1 amide bonds. The van der Waals surface area contributed by atoms with Gasteiger partial charge in [0, 0.05) is 23.1 Å². The molecular weight excluding hydrogens is 404 g/mol. The number of nitrogens with one attached hydrogen (secondary N) is 2. The van der Waals surface area contributed by atoms with E-state index in [1.165, 1.54) is 0 Å². The quantitative estimate of drug-likeness (QED) is 0.463. The molecule has 32 heavy (non-hydrogen) atoms. The fourth-order valence-electron chi connectivity index (χ4n) is 3.68. The summed E-state index contributed by atoms with van der Waals surface area (Å²) < 4.78 is 10.8. The topological polar surface area (TPSA) is 80.4 Å². The van der Waals surface area contributed by atoms with E-state index in [9.17, 15) is 9.59 Å². The molecule has 0 aliphatic carbocycles. The Bertz CT molecular complexity index is 1300. The van der Waals surface area contributed by atoms with Crippen LogP contribution < -0.4 is 20.3 Å². The SMILES string of the molecule is COc1ccc(OC)c2[nH]c(=O)c(CCNC(=O)c3ccc(-c4ccccc4)cc3)cc12. The van der Waals surface area contributed by atoms with E-state index < -0.39 is 0 Å². The fourth-order valence-corrected chi connectivity index (χ4v) is 3.68. The lowest BCUT2D eigenvalue weighted by atomic mass is 10.0. The second-order valence-corrected chi connectivity index (χ2v) is 7.33. The molecule has 1 aromatic heterocycles. The molecule has 0 unspecified atom stereocenters. The van der Waals surface area contributed by atoms with Crippen LogP contribution in [0.1, 0.15) is 15.9 Å². The molecule has 6 nitrogen and oxygen atoms in total. The standard InChI is InChI=1S/C26H24N2O4/c1-31-22-12-13-23(32-2)24-21(22)16-20(26(30)28-24)14-15-27-25(29)19-10-8-18(9-11-19)17-6-4-3-5-7-17/h3-13,16H,14-15H2,1-2H3,(H,27,29)(H,28,30). The lowest BCUT2D eigenvalue weighted by molar-refractivity contribution is 0.0954. The number of methoxy groups -OCH3 is 2. The van der Waals surface area contributed by atoms with Crippen molar-refractivity contribution in [3.05, 3.63) is 94.3 Å². The van der Waals surface area contributed by atoms with E-state index in [0.29, 0.717) is 41.1 Å². The number of ether oxygens (including phenoxy) is 2. The maximum absolute atomic E-state index is 12.6. The van der Waals surface area contributed by atoms with E-state index in [0.717, 1.165) is 16.5 Å². The molecule has 0 aliphatic heterocycles. The van der Waals surface area contributed by atoms with Crippen molar-refractivity contribution < 1.29 is 14.3 Å². The van der Waals surface area contributed by atoms with Gasteiger partial charge in [0.25, 0.3) is 11.5 Å². The molecule has 0 aliphatic rings. The summed E-state index contributed by atoms with van der Waals surface area (Å²) in [5, 5.41) is 3.64. The molecule has 0 fully saturated rings. The first-order valence-corrected chi connectivity index (χ1v) is 10.3. The van der Waals surface area contributed by atoms with Crippen molar-refractivity contribution >= 4 is 16.8 Å². The fraction of sp³-hybridized carbons (Fsp3) is 0.154. The molecule has 0 radical (unpaired) electrons. The van der Waals surface area contributed by atoms with Gasteiger partial charge < -0.3 is 19.8 Å². The zero-order valence-electron chi connectivity index (χ0n) is 18.0. The summed E-state index contributed by atoms with van der Waals surface area (Å²) >= 11 is 0. The van der Waals surface area contributed by atoms with Gasteiger partial charge in [-0.2, -0.15) is 0 Å². The Morgan fingerprint density at radius 2 is 1.53 bits per heavy atom. The Labute approximate surface area is 185 Å². The Kier molecular flexibility index (Phi) is 6.22. The monoisotopic (exact) mass is 428 g/mol. The minimum atomic E-state index is -0.217. The molecule has 1 heterocycles. The van der Waals surface area contributed by atoms with Crippen LogP contribution >= 0.6 is 0 Å². The smallest absolute Gasteiger partial charge is 0.251 e. The predicted molar refractivity (Wildman–Crippen MR) is 126 cm³/mol. The number of hydrogen-bond donors (Lipinski definition) is 2. The van der Waals surface area contributed by atoms with Crippen LogP contribution in [0.3, 0.4) is 0 Å². The number of aromatic nitrogens is 1. The highest BCUT2D eigenvalue weighted by Crippen LogP contribution is 2.31. The third-order valence-corrected chi connectivity index (χ3v) is 5.39. The molecule has 0 saturated heterocycles. The third kappa shape index (κ3) is 4.34. The first-order chi connectivity index (χ1) is 15.6. The van der Waals surface area contributed by atoms with Gasteiger partial charge in [0.05, 0.1) is 19.7 Å². The Morgan fingerprint density at radius 3 is 2.22 bits per heavy atom. The van der Waals surface area contributed by atoms with E-state index >= 15 is 0 Å². The minimum absolute atomic E-state index is 0.180. The van der Waals surface area contributed by atoms with Gasteiger partial charge in [-0.1, -0.05) is 42.5 Å². The van der Waals surface area contributed by atoms with Crippen LogP contribution in [0.5, 0.6) is 11.5 Å². The summed E-state index contributed by atoms with van der Waals surface area (Å²) in [5.74, 6) is 1.03. The number of carbonyl (C=O) groups excluding carboxylic acids is 1. The number of benzene rings is 3. The number of fused-ring (bicyclic) bond motifs is 1. The first kappa shape index (κ1) is 21.2. The second kappa shape index (κ2) is 9.39. The predicted octanol–water partition coefficient (Wildman–Crippen LogP) is 4.18. The number of hydrogen-bond acceptors (Lipinski definition) is 4. The summed E-state index contributed by atoms with van der Waals surface area (Å²) in [5.41, 5.74) is 3.65. The molecule has 0 spiro atoms. The molecule has 0 atom stereocenters. The third-order valence-electron chi connectivity index (χ3n) is 5.39. The van der Waals surface area contributed by atoms with Crippen LogP contribution in [-0.2, 0) is 6.42 Å². The van der Waals surface area contributed by atoms with Gasteiger partial charge in [-0.05, 0) is 47.9 Å². The van der Waals surface area contributed by atoms with Crippen LogP contribution in [0.2, 0.25) is 0 Å². The second-order valence-electron chi connectivity index (χ2n) is 7.33. The van der Waals surface area contributed by atoms with Crippen LogP contribution in [0.15, 0.2) is 77.6 Å². The summed E-state index contributed by atoms with van der Waals surface area (Å²) in [4.78, 5) is 28.0. The average Bonchev–Trinajstić information content (AvgIpc) is 2.84. The van der Waals surface area contributed by atoms with Crippen molar-refractivity contribution in [2.24, 2.45) is 0 Å². The van der Waals surface area contributed by atoms with Gasteiger partial charge in [0.2, 0.25) is 0 Å². The van der Waals surface area contributed by atoms with Crippen molar-refractivity contribution in [1.82, 2.24) is 10.3 Å². The zero-order valence-corrected chi connectivity index (χ0v) is 18.0. The molecule has 6 heteroatoms. The number of rotatable bonds is 7. The van der Waals surface area contributed by atoms with E-state index in [1.807, 2.05) is 42.5 Å². The minimum Gasteiger partial charge on any atom is -0.496 e. The molecule has 2 N–H and O–H groups in total. The number of carbonyl (C=O) groups is 1. The molecule has 4 rings (SSSR count). The Morgan fingerprint density at radius 1 is 0.875 bits per heavy atom. The Hall–Kier alpha value is -4.06. The van der Waals surface area contributed by atoms with Gasteiger partial charge in [0.15, 0.2) is 0 Å². The highest BCUT2D eigenvalue weighted by Gasteiger charge is 2.12. The van der Waals surface area contributed by atoms with Crippen LogP contribution in [0.25, 0.3) is 22.0 Å². The number of amides is 1. The van der Waals surface area contributed by atoms with E-state index in [2.05, 4.69) is 10.3 Å². The van der Waals surface area contributed by atoms with Crippen LogP contribution in [0.4, 0.5) is 0 Å². The number of H-pyrrole nitrogens is 1. The van der Waals surface area contributed by atoms with Gasteiger partial charge in [-0.15, -0.1) is 0 Å². The number of aromatic amines is 1. The van der Waals surface area contributed by atoms with Crippen LogP contribution in [0, 0.1) is 0 Å². The normalized spacial score (nSPS) is 10.7. The Balaban J connectivity index is 1.45. The van der Waals surface area contributed by atoms with E-state index in [1.54, 1.807) is 44.6 Å². The van der Waals surface area contributed by atoms with E-state index in [-0.39, 0.29) is 11.5 Å². The van der Waals surface area contributed by atoms with Crippen molar-refractivity contribution in [2.45, 2.75) is 6.42 Å². The summed E-state index contributed by atoms with van der Waals surface area (Å²) in [6.07, 6.45) is 0.388. The first-order valence-electron chi connectivity index (χ1n) is 10.3. The molecule has 4 aromatic rings. The summed E-state index contributed by atoms with van der Waals surface area (Å²) in [6, 6.07) is 22.8. The maximum atomic E-state index is 12.6. The van der Waals surface area contributed by atoms with Gasteiger partial charge >= 0.3 is 0 Å². The highest BCUT2D eigenvalue weighted by molar-refractivity contribution is 5.94. The highest BCUT2D eigenvalue weighted by atomic mass is 16.5. The lowest BCUT2D eigenvalue weighted by Gasteiger charge is -2.11. The molecule has 0 bridgehead atoms. The van der Waals surface area contributed by atoms with Gasteiger partial charge in [0.1, 0.15) is 11.5 Å². The zero-order chi connectivity index (χ0) is 22.5. The van der Waals surface area contributed by atoms with Crippen molar-refractivity contribution in [3.63, 3.8) is 0 Å². The molecule has 0 saturated carbocycles. The van der Waals surface area contributed by atoms with Crippen molar-refractivity contribution in [1.29, 1.82) is 0 Å². The van der Waals surface area contributed by atoms with Gasteiger partial charge in [-0.25, -0.2) is 0 Å². The summed E-state index contributed by atoms with van der Waals surface area (Å²) in [6.45, 7) is 0.333. The lowest BCUT2D eigenvalue weighted by Crippen LogP contribution is -2.27. The summed E-state index contributed by atoms with van der Waals surface area (Å²) in [7, 11) is 3.13. The average molecular weight is 428 g/mol. The van der Waals surface area contributed by atoms with E-state index in [4.69, 9.17) is 9.47 Å². The molecule has 3 aromatic carbocycles. The largest absolute Gasteiger partial charge is 0.496 e. The number of pyridine rings is 1. The van der Waals surface area contributed by atoms with Gasteiger partial charge in [-0.3, -0.25) is 9.59 Å². The van der Waals surface area contributed by atoms with Crippen molar-refractivity contribution in [3.8, 4) is 22.6 Å².